The standard InChI is InChI=1S/C13H26N2O/c1-5-14(6-2)13(16)15-9-7-8-12(10-15)11(3)4/h11-12H,5-10H2,1-4H3. The van der Waals surface area contributed by atoms with Crippen LogP contribution in [0.1, 0.15) is 40.5 Å². The van der Waals surface area contributed by atoms with E-state index in [2.05, 4.69) is 13.8 Å². The van der Waals surface area contributed by atoms with Crippen molar-refractivity contribution < 1.29 is 4.79 Å². The molecule has 3 heteroatoms. The minimum absolute atomic E-state index is 0.232. The fraction of sp³-hybridized carbons (Fsp3) is 0.923. The topological polar surface area (TPSA) is 23.6 Å². The molecule has 1 saturated heterocycles. The third-order valence-corrected chi connectivity index (χ3v) is 3.71. The number of hydrogen-bond donors (Lipinski definition) is 0. The van der Waals surface area contributed by atoms with E-state index < -0.39 is 0 Å². The van der Waals surface area contributed by atoms with Gasteiger partial charge in [0.2, 0.25) is 0 Å². The quantitative estimate of drug-likeness (QED) is 0.726. The first-order valence-corrected chi connectivity index (χ1v) is 6.63. The lowest BCUT2D eigenvalue weighted by atomic mass is 9.88. The fourth-order valence-electron chi connectivity index (χ4n) is 2.42. The summed E-state index contributed by atoms with van der Waals surface area (Å²) in [5.41, 5.74) is 0. The van der Waals surface area contributed by atoms with Crippen molar-refractivity contribution in [1.82, 2.24) is 9.80 Å². The number of carbonyl (C=O) groups excluding carboxylic acids is 1. The van der Waals surface area contributed by atoms with Crippen LogP contribution in [0.3, 0.4) is 0 Å². The number of urea groups is 1. The van der Waals surface area contributed by atoms with Gasteiger partial charge in [0.25, 0.3) is 0 Å². The third kappa shape index (κ3) is 3.13. The summed E-state index contributed by atoms with van der Waals surface area (Å²) < 4.78 is 0. The number of carbonyl (C=O) groups is 1. The number of hydrogen-bond acceptors (Lipinski definition) is 1. The first kappa shape index (κ1) is 13.3. The highest BCUT2D eigenvalue weighted by atomic mass is 16.2. The average Bonchev–Trinajstić information content (AvgIpc) is 2.30. The number of nitrogens with zero attached hydrogens (tertiary/aromatic N) is 2. The zero-order valence-electron chi connectivity index (χ0n) is 11.2. The maximum absolute atomic E-state index is 12.2. The first-order chi connectivity index (χ1) is 7.60. The molecule has 2 amide bonds. The summed E-state index contributed by atoms with van der Waals surface area (Å²) in [5, 5.41) is 0. The van der Waals surface area contributed by atoms with E-state index in [0.29, 0.717) is 11.8 Å². The van der Waals surface area contributed by atoms with Crippen LogP contribution in [0.25, 0.3) is 0 Å². The Balaban J connectivity index is 2.56. The van der Waals surface area contributed by atoms with E-state index in [0.717, 1.165) is 32.6 Å². The summed E-state index contributed by atoms with van der Waals surface area (Å²) in [6, 6.07) is 0.232. The van der Waals surface area contributed by atoms with Gasteiger partial charge in [-0.1, -0.05) is 13.8 Å². The van der Waals surface area contributed by atoms with E-state index in [1.807, 2.05) is 23.6 Å². The first-order valence-electron chi connectivity index (χ1n) is 6.63. The lowest BCUT2D eigenvalue weighted by Gasteiger charge is -2.37. The summed E-state index contributed by atoms with van der Waals surface area (Å²) in [4.78, 5) is 16.1. The summed E-state index contributed by atoms with van der Waals surface area (Å²) in [6.07, 6.45) is 2.44. The Morgan fingerprint density at radius 1 is 1.38 bits per heavy atom. The van der Waals surface area contributed by atoms with Gasteiger partial charge in [0, 0.05) is 26.2 Å². The average molecular weight is 226 g/mol. The van der Waals surface area contributed by atoms with Crippen LogP contribution >= 0.6 is 0 Å². The van der Waals surface area contributed by atoms with Gasteiger partial charge in [-0.15, -0.1) is 0 Å². The van der Waals surface area contributed by atoms with Crippen molar-refractivity contribution in [3.63, 3.8) is 0 Å². The molecule has 0 radical (unpaired) electrons. The molecule has 0 aromatic carbocycles. The zero-order chi connectivity index (χ0) is 12.1. The van der Waals surface area contributed by atoms with Crippen molar-refractivity contribution in [1.29, 1.82) is 0 Å². The van der Waals surface area contributed by atoms with E-state index in [1.165, 1.54) is 6.42 Å². The van der Waals surface area contributed by atoms with Crippen LogP contribution in [0.5, 0.6) is 0 Å². The van der Waals surface area contributed by atoms with Crippen molar-refractivity contribution in [2.24, 2.45) is 11.8 Å². The van der Waals surface area contributed by atoms with E-state index in [1.54, 1.807) is 0 Å². The molecule has 1 unspecified atom stereocenters. The normalized spacial score (nSPS) is 21.3. The van der Waals surface area contributed by atoms with Gasteiger partial charge in [0.05, 0.1) is 0 Å². The van der Waals surface area contributed by atoms with Crippen molar-refractivity contribution in [2.75, 3.05) is 26.2 Å². The Bertz CT molecular complexity index is 224. The van der Waals surface area contributed by atoms with E-state index >= 15 is 0 Å². The maximum atomic E-state index is 12.2. The summed E-state index contributed by atoms with van der Waals surface area (Å²) in [5.74, 6) is 1.38. The molecule has 0 aromatic rings. The molecule has 1 atom stereocenters. The molecule has 0 aromatic heterocycles. The molecule has 1 fully saturated rings. The Morgan fingerprint density at radius 2 is 2.00 bits per heavy atom. The highest BCUT2D eigenvalue weighted by Gasteiger charge is 2.27. The molecule has 0 aliphatic carbocycles. The molecular weight excluding hydrogens is 200 g/mol. The number of amides is 2. The molecule has 0 spiro atoms. The van der Waals surface area contributed by atoms with E-state index in [9.17, 15) is 4.79 Å². The minimum atomic E-state index is 0.232. The summed E-state index contributed by atoms with van der Waals surface area (Å²) in [7, 11) is 0. The van der Waals surface area contributed by atoms with Gasteiger partial charge in [-0.3, -0.25) is 0 Å². The molecule has 0 saturated carbocycles. The molecule has 0 bridgehead atoms. The lowest BCUT2D eigenvalue weighted by molar-refractivity contribution is 0.120. The lowest BCUT2D eigenvalue weighted by Crippen LogP contribution is -2.48. The predicted octanol–water partition coefficient (Wildman–Crippen LogP) is 2.82. The molecule has 94 valence electrons. The second-order valence-corrected chi connectivity index (χ2v) is 5.05. The Morgan fingerprint density at radius 3 is 2.50 bits per heavy atom. The minimum Gasteiger partial charge on any atom is -0.325 e. The molecule has 1 heterocycles. The molecule has 1 aliphatic heterocycles. The van der Waals surface area contributed by atoms with Crippen LogP contribution in [-0.4, -0.2) is 42.0 Å². The highest BCUT2D eigenvalue weighted by Crippen LogP contribution is 2.24. The van der Waals surface area contributed by atoms with E-state index in [-0.39, 0.29) is 6.03 Å². The van der Waals surface area contributed by atoms with Crippen molar-refractivity contribution in [3.8, 4) is 0 Å². The van der Waals surface area contributed by atoms with Gasteiger partial charge in [0.15, 0.2) is 0 Å². The molecule has 16 heavy (non-hydrogen) atoms. The van der Waals surface area contributed by atoms with Gasteiger partial charge in [-0.2, -0.15) is 0 Å². The van der Waals surface area contributed by atoms with Gasteiger partial charge >= 0.3 is 6.03 Å². The SMILES string of the molecule is CCN(CC)C(=O)N1CCCC(C(C)C)C1. The van der Waals surface area contributed by atoms with Crippen molar-refractivity contribution in [2.45, 2.75) is 40.5 Å². The Labute approximate surface area is 99.8 Å². The van der Waals surface area contributed by atoms with Crippen LogP contribution in [0.4, 0.5) is 4.79 Å². The number of piperidine rings is 1. The van der Waals surface area contributed by atoms with Gasteiger partial charge in [-0.25, -0.2) is 4.79 Å². The van der Waals surface area contributed by atoms with Crippen LogP contribution < -0.4 is 0 Å². The predicted molar refractivity (Wildman–Crippen MR) is 67.5 cm³/mol. The number of rotatable bonds is 3. The summed E-state index contributed by atoms with van der Waals surface area (Å²) in [6.45, 7) is 12.1. The van der Waals surface area contributed by atoms with Crippen LogP contribution in [0.2, 0.25) is 0 Å². The van der Waals surface area contributed by atoms with Crippen LogP contribution in [-0.2, 0) is 0 Å². The Kier molecular flexibility index (Phi) is 5.10. The zero-order valence-corrected chi connectivity index (χ0v) is 11.2. The fourth-order valence-corrected chi connectivity index (χ4v) is 2.42. The van der Waals surface area contributed by atoms with E-state index in [4.69, 9.17) is 0 Å². The maximum Gasteiger partial charge on any atom is 0.319 e. The Hall–Kier alpha value is -0.730. The second kappa shape index (κ2) is 6.12. The van der Waals surface area contributed by atoms with Gasteiger partial charge in [0.1, 0.15) is 0 Å². The smallest absolute Gasteiger partial charge is 0.319 e. The van der Waals surface area contributed by atoms with Gasteiger partial charge in [-0.05, 0) is 38.5 Å². The highest BCUT2D eigenvalue weighted by molar-refractivity contribution is 5.74. The molecule has 3 nitrogen and oxygen atoms in total. The third-order valence-electron chi connectivity index (χ3n) is 3.71. The van der Waals surface area contributed by atoms with Crippen molar-refractivity contribution >= 4 is 6.03 Å². The molecular formula is C13H26N2O. The van der Waals surface area contributed by atoms with Crippen LogP contribution in [0.15, 0.2) is 0 Å². The summed E-state index contributed by atoms with van der Waals surface area (Å²) >= 11 is 0. The second-order valence-electron chi connectivity index (χ2n) is 5.05. The largest absolute Gasteiger partial charge is 0.325 e. The molecule has 0 N–H and O–H groups in total. The monoisotopic (exact) mass is 226 g/mol. The molecule has 1 aliphatic rings. The number of likely N-dealkylation sites (tertiary alicyclic amines) is 1. The van der Waals surface area contributed by atoms with Gasteiger partial charge < -0.3 is 9.80 Å². The molecule has 1 rings (SSSR count). The van der Waals surface area contributed by atoms with Crippen LogP contribution in [0, 0.1) is 11.8 Å². The van der Waals surface area contributed by atoms with Crippen molar-refractivity contribution in [3.05, 3.63) is 0 Å².